The van der Waals surface area contributed by atoms with Crippen molar-refractivity contribution in [1.29, 1.82) is 0 Å². The van der Waals surface area contributed by atoms with Crippen LogP contribution in [0.25, 0.3) is 0 Å². The maximum absolute atomic E-state index is 5.84. The van der Waals surface area contributed by atoms with Gasteiger partial charge in [0, 0.05) is 6.61 Å². The third-order valence-electron chi connectivity index (χ3n) is 3.59. The zero-order chi connectivity index (χ0) is 14.5. The zero-order valence-electron chi connectivity index (χ0n) is 12.6. The monoisotopic (exact) mass is 278 g/mol. The lowest BCUT2D eigenvalue weighted by Crippen LogP contribution is -2.40. The normalized spacial score (nSPS) is 18.1. The van der Waals surface area contributed by atoms with Crippen LogP contribution in [0, 0.1) is 5.92 Å². The molecule has 0 saturated heterocycles. The van der Waals surface area contributed by atoms with Crippen LogP contribution in [-0.4, -0.2) is 18.8 Å². The Morgan fingerprint density at radius 2 is 1.90 bits per heavy atom. The molecule has 0 amide bonds. The quantitative estimate of drug-likeness (QED) is 0.567. The summed E-state index contributed by atoms with van der Waals surface area (Å²) in [5, 5.41) is 0. The molecular weight excluding hydrogens is 252 g/mol. The molecule has 1 aromatic carbocycles. The third-order valence-corrected chi connectivity index (χ3v) is 3.59. The van der Waals surface area contributed by atoms with Gasteiger partial charge >= 0.3 is 0 Å². The summed E-state index contributed by atoms with van der Waals surface area (Å²) in [5.41, 5.74) is 4.02. The second-order valence-electron chi connectivity index (χ2n) is 5.69. The van der Waals surface area contributed by atoms with Crippen molar-refractivity contribution in [2.45, 2.75) is 51.9 Å². The average molecular weight is 278 g/mol. The van der Waals surface area contributed by atoms with E-state index in [2.05, 4.69) is 31.4 Å². The first-order valence-corrected chi connectivity index (χ1v) is 7.50. The number of hydrogen-bond donors (Lipinski definition) is 2. The van der Waals surface area contributed by atoms with E-state index in [0.717, 1.165) is 11.3 Å². The molecule has 2 unspecified atom stereocenters. The standard InChI is InChI=1S/C16H26N2O2/c1-4-19-16(11(2)3)15(18-17)12-5-7-13(8-6-12)20-14-9-10-14/h5-8,11,14-16,18H,4,9-10,17H2,1-3H3. The molecule has 112 valence electrons. The number of nitrogens with one attached hydrogen (secondary N) is 1. The van der Waals surface area contributed by atoms with E-state index in [0.29, 0.717) is 18.6 Å². The van der Waals surface area contributed by atoms with Crippen molar-refractivity contribution >= 4 is 0 Å². The lowest BCUT2D eigenvalue weighted by Gasteiger charge is -2.30. The van der Waals surface area contributed by atoms with E-state index in [9.17, 15) is 0 Å². The molecule has 0 aliphatic heterocycles. The summed E-state index contributed by atoms with van der Waals surface area (Å²) in [6.07, 6.45) is 2.83. The minimum atomic E-state index is -0.00933. The van der Waals surface area contributed by atoms with Crippen LogP contribution in [0.15, 0.2) is 24.3 Å². The Labute approximate surface area is 121 Å². The molecule has 4 heteroatoms. The molecular formula is C16H26N2O2. The molecule has 0 heterocycles. The SMILES string of the molecule is CCOC(C(C)C)C(NN)c1ccc(OC2CC2)cc1. The van der Waals surface area contributed by atoms with Gasteiger partial charge < -0.3 is 9.47 Å². The largest absolute Gasteiger partial charge is 0.490 e. The summed E-state index contributed by atoms with van der Waals surface area (Å²) < 4.78 is 11.6. The van der Waals surface area contributed by atoms with Gasteiger partial charge in [0.15, 0.2) is 0 Å². The fraction of sp³-hybridized carbons (Fsp3) is 0.625. The predicted molar refractivity (Wildman–Crippen MR) is 80.4 cm³/mol. The molecule has 1 aliphatic carbocycles. The highest BCUT2D eigenvalue weighted by Gasteiger charge is 2.26. The Morgan fingerprint density at radius 1 is 1.25 bits per heavy atom. The molecule has 0 aromatic heterocycles. The van der Waals surface area contributed by atoms with Crippen LogP contribution in [0.4, 0.5) is 0 Å². The smallest absolute Gasteiger partial charge is 0.119 e. The Balaban J connectivity index is 2.08. The Bertz CT molecular complexity index is 401. The van der Waals surface area contributed by atoms with Gasteiger partial charge in [-0.25, -0.2) is 0 Å². The number of hydrogen-bond acceptors (Lipinski definition) is 4. The second-order valence-corrected chi connectivity index (χ2v) is 5.69. The molecule has 2 atom stereocenters. The lowest BCUT2D eigenvalue weighted by atomic mass is 9.94. The Kier molecular flexibility index (Phi) is 5.40. The van der Waals surface area contributed by atoms with Crippen molar-refractivity contribution in [1.82, 2.24) is 5.43 Å². The topological polar surface area (TPSA) is 56.5 Å². The second kappa shape index (κ2) is 7.07. The van der Waals surface area contributed by atoms with E-state index >= 15 is 0 Å². The first-order valence-electron chi connectivity index (χ1n) is 7.50. The summed E-state index contributed by atoms with van der Waals surface area (Å²) >= 11 is 0. The summed E-state index contributed by atoms with van der Waals surface area (Å²) in [4.78, 5) is 0. The van der Waals surface area contributed by atoms with E-state index < -0.39 is 0 Å². The van der Waals surface area contributed by atoms with Crippen LogP contribution in [-0.2, 0) is 4.74 Å². The number of hydrazine groups is 1. The van der Waals surface area contributed by atoms with Crippen molar-refractivity contribution < 1.29 is 9.47 Å². The van der Waals surface area contributed by atoms with Crippen LogP contribution in [0.2, 0.25) is 0 Å². The van der Waals surface area contributed by atoms with Crippen LogP contribution in [0.3, 0.4) is 0 Å². The summed E-state index contributed by atoms with van der Waals surface area (Å²) in [5.74, 6) is 7.06. The predicted octanol–water partition coefficient (Wildman–Crippen LogP) is 2.79. The molecule has 0 radical (unpaired) electrons. The molecule has 1 aromatic rings. The highest BCUT2D eigenvalue weighted by atomic mass is 16.5. The maximum atomic E-state index is 5.84. The van der Waals surface area contributed by atoms with Gasteiger partial charge in [0.05, 0.1) is 18.2 Å². The van der Waals surface area contributed by atoms with Crippen LogP contribution in [0.1, 0.15) is 45.2 Å². The highest BCUT2D eigenvalue weighted by molar-refractivity contribution is 5.30. The number of nitrogens with two attached hydrogens (primary N) is 1. The number of ether oxygens (including phenoxy) is 2. The maximum Gasteiger partial charge on any atom is 0.119 e. The van der Waals surface area contributed by atoms with Gasteiger partial charge in [0.2, 0.25) is 0 Å². The van der Waals surface area contributed by atoms with Gasteiger partial charge in [-0.05, 0) is 43.4 Å². The van der Waals surface area contributed by atoms with Gasteiger partial charge in [0.1, 0.15) is 5.75 Å². The average Bonchev–Trinajstić information content (AvgIpc) is 3.24. The zero-order valence-corrected chi connectivity index (χ0v) is 12.6. The molecule has 20 heavy (non-hydrogen) atoms. The van der Waals surface area contributed by atoms with Gasteiger partial charge in [-0.3, -0.25) is 11.3 Å². The summed E-state index contributed by atoms with van der Waals surface area (Å²) in [6.45, 7) is 6.99. The number of rotatable bonds is 8. The summed E-state index contributed by atoms with van der Waals surface area (Å²) in [6, 6.07) is 8.15. The van der Waals surface area contributed by atoms with Crippen molar-refractivity contribution in [2.75, 3.05) is 6.61 Å². The molecule has 1 saturated carbocycles. The van der Waals surface area contributed by atoms with Crippen LogP contribution >= 0.6 is 0 Å². The van der Waals surface area contributed by atoms with Gasteiger partial charge in [-0.2, -0.15) is 0 Å². The molecule has 3 N–H and O–H groups in total. The molecule has 0 spiro atoms. The number of benzene rings is 1. The molecule has 1 fully saturated rings. The Morgan fingerprint density at radius 3 is 2.35 bits per heavy atom. The van der Waals surface area contributed by atoms with Gasteiger partial charge in [-0.15, -0.1) is 0 Å². The van der Waals surface area contributed by atoms with Gasteiger partial charge in [0.25, 0.3) is 0 Å². The van der Waals surface area contributed by atoms with Gasteiger partial charge in [-0.1, -0.05) is 26.0 Å². The van der Waals surface area contributed by atoms with E-state index in [4.69, 9.17) is 15.3 Å². The minimum Gasteiger partial charge on any atom is -0.490 e. The van der Waals surface area contributed by atoms with Crippen molar-refractivity contribution in [2.24, 2.45) is 11.8 Å². The molecule has 0 bridgehead atoms. The highest BCUT2D eigenvalue weighted by Crippen LogP contribution is 2.29. The molecule has 4 nitrogen and oxygen atoms in total. The minimum absolute atomic E-state index is 0.00933. The fourth-order valence-corrected chi connectivity index (χ4v) is 2.38. The third kappa shape index (κ3) is 3.95. The molecule has 2 rings (SSSR count). The summed E-state index contributed by atoms with van der Waals surface area (Å²) in [7, 11) is 0. The van der Waals surface area contributed by atoms with E-state index in [1.807, 2.05) is 19.1 Å². The van der Waals surface area contributed by atoms with Crippen LogP contribution < -0.4 is 16.0 Å². The molecule has 1 aliphatic rings. The van der Waals surface area contributed by atoms with Crippen molar-refractivity contribution in [3.05, 3.63) is 29.8 Å². The van der Waals surface area contributed by atoms with E-state index in [1.54, 1.807) is 0 Å². The van der Waals surface area contributed by atoms with E-state index in [-0.39, 0.29) is 12.1 Å². The van der Waals surface area contributed by atoms with Crippen molar-refractivity contribution in [3.63, 3.8) is 0 Å². The lowest BCUT2D eigenvalue weighted by molar-refractivity contribution is 0.00276. The Hall–Kier alpha value is -1.10. The van der Waals surface area contributed by atoms with Crippen molar-refractivity contribution in [3.8, 4) is 5.75 Å². The van der Waals surface area contributed by atoms with E-state index in [1.165, 1.54) is 12.8 Å². The fourth-order valence-electron chi connectivity index (χ4n) is 2.38. The first-order chi connectivity index (χ1) is 9.65. The first kappa shape index (κ1) is 15.3. The van der Waals surface area contributed by atoms with Crippen LogP contribution in [0.5, 0.6) is 5.75 Å².